The van der Waals surface area contributed by atoms with Crippen LogP contribution >= 0.6 is 9.74 Å². The number of hydrogen-bond donors (Lipinski definition) is 0. The minimum atomic E-state index is -1.79. The molecule has 0 aromatic heterocycles. The molecular weight excluding hydrogens is 578 g/mol. The maximum atomic E-state index is 6.01. The van der Waals surface area contributed by atoms with E-state index in [0.29, 0.717) is 13.2 Å². The standard InChI is InChI=1S/C14H14O2P2Se4/c19-17(20,13-7-3-1-4-8-13)15-11-12-16-18(21,22)14-9-5-2-6-10-14/h1-10H,11-12H2. The van der Waals surface area contributed by atoms with E-state index < -0.39 is 9.74 Å². The molecule has 0 amide bonds. The molecule has 0 aliphatic heterocycles. The van der Waals surface area contributed by atoms with E-state index >= 15 is 0 Å². The summed E-state index contributed by atoms with van der Waals surface area (Å²) in [7, 11) is 0. The summed E-state index contributed by atoms with van der Waals surface area (Å²) in [6.45, 7) is 1.08. The Bertz CT molecular complexity index is 528. The van der Waals surface area contributed by atoms with Crippen LogP contribution in [0.3, 0.4) is 0 Å². The number of rotatable bonds is 7. The molecule has 0 saturated carbocycles. The number of benzene rings is 2. The van der Waals surface area contributed by atoms with Crippen LogP contribution in [0.15, 0.2) is 60.7 Å². The van der Waals surface area contributed by atoms with Gasteiger partial charge in [-0.15, -0.1) is 0 Å². The van der Waals surface area contributed by atoms with E-state index in [1.807, 2.05) is 36.4 Å². The predicted molar refractivity (Wildman–Crippen MR) is 101 cm³/mol. The molecule has 0 atom stereocenters. The normalized spacial score (nSPS) is 16.7. The van der Waals surface area contributed by atoms with Crippen LogP contribution < -0.4 is 10.6 Å². The Morgan fingerprint density at radius 2 is 1.00 bits per heavy atom. The van der Waals surface area contributed by atoms with Gasteiger partial charge in [0.15, 0.2) is 0 Å². The molecule has 2 nitrogen and oxygen atoms in total. The molecule has 0 bridgehead atoms. The fourth-order valence-corrected chi connectivity index (χ4v) is 8.63. The van der Waals surface area contributed by atoms with E-state index in [9.17, 15) is 0 Å². The molecule has 2 aromatic carbocycles. The third-order valence-corrected chi connectivity index (χ3v) is 13.6. The Labute approximate surface area is 164 Å². The van der Waals surface area contributed by atoms with E-state index in [-0.39, 0.29) is 0 Å². The maximum absolute atomic E-state index is 6.01. The van der Waals surface area contributed by atoms with Crippen molar-refractivity contribution in [2.45, 2.75) is 0 Å². The topological polar surface area (TPSA) is 18.5 Å². The molecule has 0 spiro atoms. The first kappa shape index (κ1) is 19.6. The first-order chi connectivity index (χ1) is 10.4. The van der Waals surface area contributed by atoms with Crippen molar-refractivity contribution < 1.29 is 9.05 Å². The van der Waals surface area contributed by atoms with Crippen LogP contribution in [-0.4, -0.2) is 75.5 Å². The second kappa shape index (κ2) is 9.12. The summed E-state index contributed by atoms with van der Waals surface area (Å²) in [4.78, 5) is -3.57. The van der Waals surface area contributed by atoms with Crippen molar-refractivity contribution in [2.75, 3.05) is 13.2 Å². The van der Waals surface area contributed by atoms with Crippen molar-refractivity contribution in [3.63, 3.8) is 0 Å². The Morgan fingerprint density at radius 1 is 0.682 bits per heavy atom. The molecule has 2 aromatic rings. The van der Waals surface area contributed by atoms with Gasteiger partial charge in [0.25, 0.3) is 0 Å². The third kappa shape index (κ3) is 5.98. The van der Waals surface area contributed by atoms with Gasteiger partial charge in [-0.1, -0.05) is 0 Å². The van der Waals surface area contributed by atoms with Crippen molar-refractivity contribution in [2.24, 2.45) is 0 Å². The van der Waals surface area contributed by atoms with Crippen LogP contribution in [-0.2, 0) is 9.05 Å². The van der Waals surface area contributed by atoms with Crippen molar-refractivity contribution in [1.82, 2.24) is 0 Å². The molecule has 0 unspecified atom stereocenters. The van der Waals surface area contributed by atoms with Crippen molar-refractivity contribution >= 4 is 82.6 Å². The summed E-state index contributed by atoms with van der Waals surface area (Å²) < 4.78 is 12.0. The quantitative estimate of drug-likeness (QED) is 0.278. The van der Waals surface area contributed by atoms with Gasteiger partial charge in [-0.25, -0.2) is 0 Å². The number of hydrogen-bond acceptors (Lipinski definition) is 2. The van der Waals surface area contributed by atoms with Crippen LogP contribution in [0.5, 0.6) is 0 Å². The van der Waals surface area contributed by atoms with Crippen LogP contribution in [0.4, 0.5) is 0 Å². The van der Waals surface area contributed by atoms with Gasteiger partial charge >= 0.3 is 166 Å². The van der Waals surface area contributed by atoms with Gasteiger partial charge in [0, 0.05) is 0 Å². The van der Waals surface area contributed by atoms with Crippen molar-refractivity contribution in [3.05, 3.63) is 60.7 Å². The molecule has 0 saturated heterocycles. The predicted octanol–water partition coefficient (Wildman–Crippen LogP) is 1.87. The summed E-state index contributed by atoms with van der Waals surface area (Å²) in [5.41, 5.74) is 0. The second-order valence-electron chi connectivity index (χ2n) is 4.33. The molecular formula is C14H14O2P2Se4. The Hall–Kier alpha value is 1.30. The van der Waals surface area contributed by atoms with E-state index in [0.717, 1.165) is 0 Å². The molecule has 2 radical (unpaired) electrons. The molecule has 0 aliphatic rings. The molecule has 8 heteroatoms. The molecule has 0 heterocycles. The SMILES string of the molecule is [Se][P+]([Se-])(OCCO[P+]([Se])([Se-])c1ccccc1)c1ccccc1. The summed E-state index contributed by atoms with van der Waals surface area (Å²) in [6, 6.07) is 20.4. The minimum absolute atomic E-state index is 0.542. The van der Waals surface area contributed by atoms with Crippen molar-refractivity contribution in [1.29, 1.82) is 0 Å². The van der Waals surface area contributed by atoms with Crippen LogP contribution in [0.2, 0.25) is 0 Å². The van der Waals surface area contributed by atoms with E-state index in [2.05, 4.69) is 86.5 Å². The van der Waals surface area contributed by atoms with Crippen molar-refractivity contribution in [3.8, 4) is 0 Å². The Kier molecular flexibility index (Phi) is 8.14. The fraction of sp³-hybridized carbons (Fsp3) is 0.143. The zero-order valence-corrected chi connectivity index (χ0v) is 20.2. The summed E-state index contributed by atoms with van der Waals surface area (Å²) >= 11 is 12.7. The van der Waals surface area contributed by atoms with Gasteiger partial charge in [-0.05, 0) is 0 Å². The molecule has 2 rings (SSSR count). The van der Waals surface area contributed by atoms with Crippen LogP contribution in [0.1, 0.15) is 0 Å². The molecule has 116 valence electrons. The summed E-state index contributed by atoms with van der Waals surface area (Å²) in [5.74, 6) is 0. The first-order valence-electron chi connectivity index (χ1n) is 6.44. The average Bonchev–Trinajstić information content (AvgIpc) is 2.53. The first-order valence-corrected chi connectivity index (χ1v) is 18.7. The molecule has 0 aliphatic carbocycles. The van der Waals surface area contributed by atoms with Gasteiger partial charge in [0.05, 0.1) is 0 Å². The van der Waals surface area contributed by atoms with Gasteiger partial charge in [0.2, 0.25) is 0 Å². The fourth-order valence-electron chi connectivity index (χ4n) is 1.69. The van der Waals surface area contributed by atoms with Gasteiger partial charge in [-0.2, -0.15) is 0 Å². The van der Waals surface area contributed by atoms with E-state index in [1.54, 1.807) is 0 Å². The second-order valence-corrected chi connectivity index (χ2v) is 27.8. The molecule has 0 fully saturated rings. The summed E-state index contributed by atoms with van der Waals surface area (Å²) in [6.07, 6.45) is 0. The van der Waals surface area contributed by atoms with E-state index in [4.69, 9.17) is 9.05 Å². The van der Waals surface area contributed by atoms with Gasteiger partial charge in [0.1, 0.15) is 0 Å². The Morgan fingerprint density at radius 3 is 1.32 bits per heavy atom. The zero-order valence-electron chi connectivity index (χ0n) is 11.5. The Balaban J connectivity index is 1.84. The zero-order chi connectivity index (χ0) is 16.1. The third-order valence-electron chi connectivity index (χ3n) is 2.75. The van der Waals surface area contributed by atoms with E-state index in [1.165, 1.54) is 10.6 Å². The monoisotopic (exact) mass is 596 g/mol. The van der Waals surface area contributed by atoms with Gasteiger partial charge in [-0.3, -0.25) is 0 Å². The molecule has 22 heavy (non-hydrogen) atoms. The summed E-state index contributed by atoms with van der Waals surface area (Å²) in [5, 5.41) is 2.34. The average molecular weight is 592 g/mol. The van der Waals surface area contributed by atoms with Gasteiger partial charge < -0.3 is 0 Å². The molecule has 0 N–H and O–H groups in total. The van der Waals surface area contributed by atoms with Crippen LogP contribution in [0, 0.1) is 0 Å². The van der Waals surface area contributed by atoms with Crippen LogP contribution in [0.25, 0.3) is 0 Å².